The first-order valence-corrected chi connectivity index (χ1v) is 7.31. The van der Waals surface area contributed by atoms with E-state index in [1.54, 1.807) is 0 Å². The molecule has 1 nitrogen and oxygen atoms in total. The molecule has 0 saturated heterocycles. The van der Waals surface area contributed by atoms with Gasteiger partial charge in [-0.1, -0.05) is 33.6 Å². The zero-order valence-corrected chi connectivity index (χ0v) is 12.9. The maximum Gasteiger partial charge on any atom is 0.126 e. The molecule has 0 spiro atoms. The quantitative estimate of drug-likeness (QED) is 0.761. The number of hydrogen-bond donors (Lipinski definition) is 1. The Hall–Kier alpha value is -0.970. The molecule has 0 radical (unpaired) electrons. The van der Waals surface area contributed by atoms with E-state index in [0.717, 1.165) is 16.1 Å². The van der Waals surface area contributed by atoms with Crippen molar-refractivity contribution in [1.82, 2.24) is 5.32 Å². The lowest BCUT2D eigenvalue weighted by molar-refractivity contribution is 0.577. The van der Waals surface area contributed by atoms with Crippen LogP contribution >= 0.6 is 27.5 Å². The number of hydrogen-bond acceptors (Lipinski definition) is 1. The molecule has 0 atom stereocenters. The molecule has 0 heterocycles. The van der Waals surface area contributed by atoms with Crippen molar-refractivity contribution in [3.63, 3.8) is 0 Å². The molecule has 20 heavy (non-hydrogen) atoms. The normalized spacial score (nSPS) is 10.8. The van der Waals surface area contributed by atoms with E-state index in [2.05, 4.69) is 21.2 Å². The van der Waals surface area contributed by atoms with E-state index < -0.39 is 11.6 Å². The van der Waals surface area contributed by atoms with Crippen molar-refractivity contribution in [2.45, 2.75) is 13.0 Å². The van der Waals surface area contributed by atoms with E-state index in [-0.39, 0.29) is 0 Å². The maximum absolute atomic E-state index is 13.0. The fourth-order valence-electron chi connectivity index (χ4n) is 1.88. The van der Waals surface area contributed by atoms with Crippen molar-refractivity contribution >= 4 is 27.5 Å². The summed E-state index contributed by atoms with van der Waals surface area (Å²) in [6, 6.07) is 9.17. The zero-order chi connectivity index (χ0) is 14.5. The smallest absolute Gasteiger partial charge is 0.126 e. The molecule has 0 aliphatic rings. The third-order valence-corrected chi connectivity index (χ3v) is 3.82. The first kappa shape index (κ1) is 15.4. The summed E-state index contributed by atoms with van der Waals surface area (Å²) in [7, 11) is 0. The maximum atomic E-state index is 13.0. The van der Waals surface area contributed by atoms with Gasteiger partial charge in [-0.3, -0.25) is 0 Å². The standard InChI is InChI=1S/C15H13BrClF2N/c16-15-7-12(17)2-1-11(15)9-20-4-3-10-5-13(18)8-14(19)6-10/h1-2,5-8,20H,3-4,9H2. The molecule has 106 valence electrons. The van der Waals surface area contributed by atoms with Gasteiger partial charge in [0.1, 0.15) is 11.6 Å². The summed E-state index contributed by atoms with van der Waals surface area (Å²) in [4.78, 5) is 0. The van der Waals surface area contributed by atoms with Gasteiger partial charge in [0, 0.05) is 22.1 Å². The Labute approximate surface area is 130 Å². The third-order valence-electron chi connectivity index (χ3n) is 2.84. The molecule has 5 heteroatoms. The van der Waals surface area contributed by atoms with Crippen LogP contribution in [0.2, 0.25) is 5.02 Å². The van der Waals surface area contributed by atoms with Crippen LogP contribution in [0.4, 0.5) is 8.78 Å². The van der Waals surface area contributed by atoms with Crippen molar-refractivity contribution in [3.05, 3.63) is 68.7 Å². The van der Waals surface area contributed by atoms with Crippen LogP contribution in [0.25, 0.3) is 0 Å². The first-order valence-electron chi connectivity index (χ1n) is 6.14. The first-order chi connectivity index (χ1) is 9.54. The van der Waals surface area contributed by atoms with Crippen molar-refractivity contribution in [2.75, 3.05) is 6.54 Å². The second-order valence-electron chi connectivity index (χ2n) is 4.44. The van der Waals surface area contributed by atoms with Crippen LogP contribution in [-0.4, -0.2) is 6.54 Å². The highest BCUT2D eigenvalue weighted by Gasteiger charge is 2.02. The van der Waals surface area contributed by atoms with Gasteiger partial charge in [0.25, 0.3) is 0 Å². The van der Waals surface area contributed by atoms with Crippen LogP contribution in [0.3, 0.4) is 0 Å². The highest BCUT2D eigenvalue weighted by atomic mass is 79.9. The summed E-state index contributed by atoms with van der Waals surface area (Å²) < 4.78 is 27.0. The van der Waals surface area contributed by atoms with E-state index in [9.17, 15) is 8.78 Å². The molecule has 0 bridgehead atoms. The van der Waals surface area contributed by atoms with Crippen LogP contribution in [0.5, 0.6) is 0 Å². The third kappa shape index (κ3) is 4.54. The van der Waals surface area contributed by atoms with Crippen molar-refractivity contribution in [2.24, 2.45) is 0 Å². The lowest BCUT2D eigenvalue weighted by atomic mass is 10.1. The summed E-state index contributed by atoms with van der Waals surface area (Å²) >= 11 is 9.31. The van der Waals surface area contributed by atoms with E-state index in [4.69, 9.17) is 11.6 Å². The molecular weight excluding hydrogens is 348 g/mol. The minimum absolute atomic E-state index is 0.541. The molecule has 1 N–H and O–H groups in total. The van der Waals surface area contributed by atoms with Gasteiger partial charge >= 0.3 is 0 Å². The van der Waals surface area contributed by atoms with Gasteiger partial charge in [-0.05, 0) is 48.4 Å². The Balaban J connectivity index is 1.84. The van der Waals surface area contributed by atoms with E-state index in [1.807, 2.05) is 18.2 Å². The monoisotopic (exact) mass is 359 g/mol. The Bertz CT molecular complexity index is 584. The molecule has 2 rings (SSSR count). The molecule has 0 saturated carbocycles. The molecule has 2 aromatic rings. The second kappa shape index (κ2) is 7.16. The highest BCUT2D eigenvalue weighted by Crippen LogP contribution is 2.21. The van der Waals surface area contributed by atoms with Gasteiger partial charge in [-0.2, -0.15) is 0 Å². The Kier molecular flexibility index (Phi) is 5.52. The Morgan fingerprint density at radius 1 is 1.05 bits per heavy atom. The van der Waals surface area contributed by atoms with Crippen molar-refractivity contribution < 1.29 is 8.78 Å². The van der Waals surface area contributed by atoms with Crippen LogP contribution in [-0.2, 0) is 13.0 Å². The van der Waals surface area contributed by atoms with Crippen molar-refractivity contribution in [3.8, 4) is 0 Å². The minimum atomic E-state index is -0.541. The summed E-state index contributed by atoms with van der Waals surface area (Å²) in [6.07, 6.45) is 0.569. The minimum Gasteiger partial charge on any atom is -0.312 e. The average molecular weight is 361 g/mol. The summed E-state index contributed by atoms with van der Waals surface area (Å²) in [6.45, 7) is 1.30. The molecule has 0 fully saturated rings. The SMILES string of the molecule is Fc1cc(F)cc(CCNCc2ccc(Cl)cc2Br)c1. The lowest BCUT2D eigenvalue weighted by Crippen LogP contribution is -2.17. The predicted molar refractivity (Wildman–Crippen MR) is 80.9 cm³/mol. The molecule has 2 aromatic carbocycles. The van der Waals surface area contributed by atoms with E-state index >= 15 is 0 Å². The lowest BCUT2D eigenvalue weighted by Gasteiger charge is -2.07. The highest BCUT2D eigenvalue weighted by molar-refractivity contribution is 9.10. The van der Waals surface area contributed by atoms with Gasteiger partial charge in [0.15, 0.2) is 0 Å². The molecule has 0 unspecified atom stereocenters. The fraction of sp³-hybridized carbons (Fsp3) is 0.200. The fourth-order valence-corrected chi connectivity index (χ4v) is 2.70. The summed E-state index contributed by atoms with van der Waals surface area (Å²) in [5.41, 5.74) is 1.73. The number of nitrogens with one attached hydrogen (secondary N) is 1. The molecule has 0 amide bonds. The van der Waals surface area contributed by atoms with E-state index in [1.165, 1.54) is 12.1 Å². The van der Waals surface area contributed by atoms with Gasteiger partial charge in [-0.25, -0.2) is 8.78 Å². The summed E-state index contributed by atoms with van der Waals surface area (Å²) in [5.74, 6) is -1.08. The Morgan fingerprint density at radius 3 is 2.40 bits per heavy atom. The van der Waals surface area contributed by atoms with Crippen LogP contribution < -0.4 is 5.32 Å². The number of rotatable bonds is 5. The number of benzene rings is 2. The van der Waals surface area contributed by atoms with E-state index in [0.29, 0.717) is 30.1 Å². The second-order valence-corrected chi connectivity index (χ2v) is 5.73. The van der Waals surface area contributed by atoms with Crippen LogP contribution in [0.1, 0.15) is 11.1 Å². The molecule has 0 aromatic heterocycles. The van der Waals surface area contributed by atoms with Gasteiger partial charge < -0.3 is 5.32 Å². The van der Waals surface area contributed by atoms with Crippen LogP contribution in [0, 0.1) is 11.6 Å². The van der Waals surface area contributed by atoms with Crippen LogP contribution in [0.15, 0.2) is 40.9 Å². The van der Waals surface area contributed by atoms with Crippen molar-refractivity contribution in [1.29, 1.82) is 0 Å². The number of halogens is 4. The van der Waals surface area contributed by atoms with Gasteiger partial charge in [0.05, 0.1) is 0 Å². The Morgan fingerprint density at radius 2 is 1.75 bits per heavy atom. The van der Waals surface area contributed by atoms with Gasteiger partial charge in [-0.15, -0.1) is 0 Å². The van der Waals surface area contributed by atoms with Gasteiger partial charge in [0.2, 0.25) is 0 Å². The molecular formula is C15H13BrClF2N. The summed E-state index contributed by atoms with van der Waals surface area (Å²) in [5, 5.41) is 3.91. The largest absolute Gasteiger partial charge is 0.312 e. The topological polar surface area (TPSA) is 12.0 Å². The molecule has 0 aliphatic carbocycles. The average Bonchev–Trinajstić information content (AvgIpc) is 2.35. The zero-order valence-electron chi connectivity index (χ0n) is 10.6. The predicted octanol–water partition coefficient (Wildman–Crippen LogP) is 4.71. The molecule has 0 aliphatic heterocycles.